The van der Waals surface area contributed by atoms with Crippen LogP contribution in [0.5, 0.6) is 0 Å². The van der Waals surface area contributed by atoms with E-state index in [9.17, 15) is 9.59 Å². The Bertz CT molecular complexity index is 1040. The van der Waals surface area contributed by atoms with Gasteiger partial charge in [-0.05, 0) is 61.4 Å². The molecule has 1 unspecified atom stereocenters. The molecule has 1 N–H and O–H groups in total. The Hall–Kier alpha value is -2.83. The van der Waals surface area contributed by atoms with Crippen molar-refractivity contribution in [3.63, 3.8) is 0 Å². The van der Waals surface area contributed by atoms with Crippen molar-refractivity contribution < 1.29 is 9.59 Å². The van der Waals surface area contributed by atoms with Crippen LogP contribution in [0.3, 0.4) is 0 Å². The molecule has 2 heterocycles. The molecule has 0 radical (unpaired) electrons. The Labute approximate surface area is 190 Å². The molecule has 1 aliphatic rings. The molecule has 1 fully saturated rings. The lowest BCUT2D eigenvalue weighted by Crippen LogP contribution is -2.56. The fourth-order valence-electron chi connectivity index (χ4n) is 3.83. The lowest BCUT2D eigenvalue weighted by atomic mass is 10.0. The van der Waals surface area contributed by atoms with E-state index in [-0.39, 0.29) is 17.9 Å². The summed E-state index contributed by atoms with van der Waals surface area (Å²) in [4.78, 5) is 37.1. The summed E-state index contributed by atoms with van der Waals surface area (Å²) in [6.45, 7) is 1.41. The fraction of sp³-hybridized carbons (Fsp3) is 0.261. The first kappa shape index (κ1) is 21.4. The van der Waals surface area contributed by atoms with Crippen LogP contribution in [0.2, 0.25) is 10.0 Å². The number of benzene rings is 2. The number of H-pyrrole nitrogens is 1. The summed E-state index contributed by atoms with van der Waals surface area (Å²) in [6.07, 6.45) is 4.87. The first-order valence-electron chi connectivity index (χ1n) is 10.1. The quantitative estimate of drug-likeness (QED) is 0.621. The van der Waals surface area contributed by atoms with Gasteiger partial charge in [0.25, 0.3) is 11.8 Å². The van der Waals surface area contributed by atoms with E-state index >= 15 is 0 Å². The van der Waals surface area contributed by atoms with E-state index < -0.39 is 0 Å². The standard InChI is InChI=1S/C23H22Cl2N4O2/c24-18-5-1-16(2-6-18)22(30)28-11-12-29(23(31)17-3-7-19(25)8-4-17)21(14-28)10-9-20-13-26-15-27-20/h1-8,13,15,21H,9-12,14H2,(H,26,27). The van der Waals surface area contributed by atoms with Crippen molar-refractivity contribution >= 4 is 35.0 Å². The largest absolute Gasteiger partial charge is 0.348 e. The van der Waals surface area contributed by atoms with Gasteiger partial charge in [0.1, 0.15) is 0 Å². The number of hydrogen-bond acceptors (Lipinski definition) is 3. The second-order valence-corrected chi connectivity index (χ2v) is 8.41. The van der Waals surface area contributed by atoms with Crippen molar-refractivity contribution in [2.75, 3.05) is 19.6 Å². The van der Waals surface area contributed by atoms with E-state index in [1.165, 1.54) is 0 Å². The van der Waals surface area contributed by atoms with Crippen molar-refractivity contribution in [3.8, 4) is 0 Å². The summed E-state index contributed by atoms with van der Waals surface area (Å²) in [5, 5.41) is 1.18. The van der Waals surface area contributed by atoms with Gasteiger partial charge in [-0.15, -0.1) is 0 Å². The van der Waals surface area contributed by atoms with E-state index in [4.69, 9.17) is 23.2 Å². The fourth-order valence-corrected chi connectivity index (χ4v) is 4.08. The zero-order valence-electron chi connectivity index (χ0n) is 16.8. The van der Waals surface area contributed by atoms with Crippen LogP contribution in [0.25, 0.3) is 0 Å². The molecule has 0 spiro atoms. The Balaban J connectivity index is 1.52. The molecule has 1 saturated heterocycles. The van der Waals surface area contributed by atoms with Crippen LogP contribution in [0.4, 0.5) is 0 Å². The molecule has 3 aromatic rings. The van der Waals surface area contributed by atoms with Crippen LogP contribution in [0.1, 0.15) is 32.8 Å². The number of amides is 2. The van der Waals surface area contributed by atoms with Gasteiger partial charge in [0.2, 0.25) is 0 Å². The molecule has 0 saturated carbocycles. The number of halogens is 2. The van der Waals surface area contributed by atoms with Gasteiger partial charge in [-0.2, -0.15) is 0 Å². The molecule has 2 amide bonds. The van der Waals surface area contributed by atoms with Crippen molar-refractivity contribution in [2.24, 2.45) is 0 Å². The third-order valence-electron chi connectivity index (χ3n) is 5.51. The van der Waals surface area contributed by atoms with E-state index in [0.29, 0.717) is 47.2 Å². The minimum atomic E-state index is -0.114. The second-order valence-electron chi connectivity index (χ2n) is 7.53. The molecule has 160 valence electrons. The Kier molecular flexibility index (Phi) is 6.59. The predicted molar refractivity (Wildman–Crippen MR) is 121 cm³/mol. The van der Waals surface area contributed by atoms with Crippen LogP contribution in [0.15, 0.2) is 61.1 Å². The van der Waals surface area contributed by atoms with Crippen LogP contribution in [0, 0.1) is 0 Å². The maximum Gasteiger partial charge on any atom is 0.254 e. The van der Waals surface area contributed by atoms with Gasteiger partial charge in [-0.25, -0.2) is 4.98 Å². The zero-order chi connectivity index (χ0) is 21.8. The number of hydrogen-bond donors (Lipinski definition) is 1. The van der Waals surface area contributed by atoms with Gasteiger partial charge in [0, 0.05) is 52.7 Å². The summed E-state index contributed by atoms with van der Waals surface area (Å²) in [7, 11) is 0. The number of aromatic amines is 1. The van der Waals surface area contributed by atoms with Crippen molar-refractivity contribution in [3.05, 3.63) is 87.9 Å². The van der Waals surface area contributed by atoms with E-state index in [0.717, 1.165) is 12.1 Å². The monoisotopic (exact) mass is 456 g/mol. The number of aromatic nitrogens is 2. The molecule has 0 aliphatic carbocycles. The number of rotatable bonds is 5. The zero-order valence-corrected chi connectivity index (χ0v) is 18.3. The lowest BCUT2D eigenvalue weighted by Gasteiger charge is -2.41. The number of nitrogens with zero attached hydrogens (tertiary/aromatic N) is 3. The summed E-state index contributed by atoms with van der Waals surface area (Å²) >= 11 is 11.9. The van der Waals surface area contributed by atoms with Crippen LogP contribution < -0.4 is 0 Å². The molecule has 4 rings (SSSR count). The highest BCUT2D eigenvalue weighted by Gasteiger charge is 2.33. The van der Waals surface area contributed by atoms with Gasteiger partial charge in [0.15, 0.2) is 0 Å². The maximum atomic E-state index is 13.2. The Morgan fingerprint density at radius 2 is 1.55 bits per heavy atom. The average molecular weight is 457 g/mol. The minimum absolute atomic E-state index is 0.0510. The second kappa shape index (κ2) is 9.54. The van der Waals surface area contributed by atoms with E-state index in [2.05, 4.69) is 9.97 Å². The van der Waals surface area contributed by atoms with Gasteiger partial charge in [-0.3, -0.25) is 9.59 Å². The van der Waals surface area contributed by atoms with Crippen LogP contribution in [-0.4, -0.2) is 57.3 Å². The first-order valence-corrected chi connectivity index (χ1v) is 10.9. The van der Waals surface area contributed by atoms with Gasteiger partial charge in [0.05, 0.1) is 12.4 Å². The number of carbonyl (C=O) groups is 2. The molecular formula is C23H22Cl2N4O2. The van der Waals surface area contributed by atoms with Gasteiger partial charge >= 0.3 is 0 Å². The summed E-state index contributed by atoms with van der Waals surface area (Å²) in [5.41, 5.74) is 2.18. The van der Waals surface area contributed by atoms with Gasteiger partial charge < -0.3 is 14.8 Å². The highest BCUT2D eigenvalue weighted by molar-refractivity contribution is 6.31. The van der Waals surface area contributed by atoms with Crippen molar-refractivity contribution in [2.45, 2.75) is 18.9 Å². The molecule has 1 aliphatic heterocycles. The third-order valence-corrected chi connectivity index (χ3v) is 6.02. The van der Waals surface area contributed by atoms with Crippen LogP contribution >= 0.6 is 23.2 Å². The lowest BCUT2D eigenvalue weighted by molar-refractivity contribution is 0.0372. The molecule has 0 bridgehead atoms. The number of carbonyl (C=O) groups excluding carboxylic acids is 2. The Morgan fingerprint density at radius 3 is 2.13 bits per heavy atom. The Morgan fingerprint density at radius 1 is 0.935 bits per heavy atom. The van der Waals surface area contributed by atoms with Crippen molar-refractivity contribution in [1.82, 2.24) is 19.8 Å². The van der Waals surface area contributed by atoms with Crippen LogP contribution in [-0.2, 0) is 6.42 Å². The smallest absolute Gasteiger partial charge is 0.254 e. The van der Waals surface area contributed by atoms with Gasteiger partial charge in [-0.1, -0.05) is 23.2 Å². The number of nitrogens with one attached hydrogen (secondary N) is 1. The number of piperazine rings is 1. The minimum Gasteiger partial charge on any atom is -0.348 e. The van der Waals surface area contributed by atoms with E-state index in [1.807, 2.05) is 9.80 Å². The SMILES string of the molecule is O=C(c1ccc(Cl)cc1)N1CCN(C(=O)c2ccc(Cl)cc2)C(CCc2cnc[nH]2)C1. The first-order chi connectivity index (χ1) is 15.0. The molecule has 1 atom stereocenters. The molecule has 6 nitrogen and oxygen atoms in total. The average Bonchev–Trinajstić information content (AvgIpc) is 3.31. The molecular weight excluding hydrogens is 435 g/mol. The molecule has 2 aromatic carbocycles. The third kappa shape index (κ3) is 5.09. The topological polar surface area (TPSA) is 69.3 Å². The normalized spacial score (nSPS) is 16.4. The summed E-state index contributed by atoms with van der Waals surface area (Å²) < 4.78 is 0. The summed E-state index contributed by atoms with van der Waals surface area (Å²) in [6, 6.07) is 13.7. The molecule has 1 aromatic heterocycles. The van der Waals surface area contributed by atoms with Crippen molar-refractivity contribution in [1.29, 1.82) is 0 Å². The molecule has 8 heteroatoms. The highest BCUT2D eigenvalue weighted by Crippen LogP contribution is 2.21. The molecule has 31 heavy (non-hydrogen) atoms. The number of imidazole rings is 1. The maximum absolute atomic E-state index is 13.2. The predicted octanol–water partition coefficient (Wildman–Crippen LogP) is 4.32. The summed E-state index contributed by atoms with van der Waals surface area (Å²) in [5.74, 6) is -0.105. The van der Waals surface area contributed by atoms with E-state index in [1.54, 1.807) is 61.1 Å². The highest BCUT2D eigenvalue weighted by atomic mass is 35.5. The number of aryl methyl sites for hydroxylation is 1.